The molecule has 0 heterocycles. The van der Waals surface area contributed by atoms with Crippen LogP contribution in [0.5, 0.6) is 0 Å². The molecule has 0 bridgehead atoms. The molecule has 0 aromatic heterocycles. The molecule has 0 saturated heterocycles. The van der Waals surface area contributed by atoms with Crippen LogP contribution in [0.4, 0.5) is 5.69 Å². The Balaban J connectivity index is 2.17. The predicted molar refractivity (Wildman–Crippen MR) is 61.2 cm³/mol. The summed E-state index contributed by atoms with van der Waals surface area (Å²) < 4.78 is 0. The largest absolute Gasteiger partial charge is 0.382 e. The van der Waals surface area contributed by atoms with Crippen molar-refractivity contribution in [3.8, 4) is 0 Å². The van der Waals surface area contributed by atoms with E-state index in [-0.39, 0.29) is 0 Å². The summed E-state index contributed by atoms with van der Waals surface area (Å²) in [6, 6.07) is 6.33. The molecule has 1 N–H and O–H groups in total. The molecule has 0 aliphatic heterocycles. The fourth-order valence-electron chi connectivity index (χ4n) is 1.54. The lowest BCUT2D eigenvalue weighted by Crippen LogP contribution is -1.99. The first-order valence-corrected chi connectivity index (χ1v) is 4.97. The van der Waals surface area contributed by atoms with Crippen LogP contribution in [-0.2, 0) is 0 Å². The van der Waals surface area contributed by atoms with Crippen molar-refractivity contribution < 1.29 is 0 Å². The molecule has 2 radical (unpaired) electrons. The Morgan fingerprint density at radius 3 is 2.79 bits per heavy atom. The van der Waals surface area contributed by atoms with Gasteiger partial charge >= 0.3 is 0 Å². The molecule has 1 aromatic rings. The van der Waals surface area contributed by atoms with E-state index in [2.05, 4.69) is 37.0 Å². The van der Waals surface area contributed by atoms with Gasteiger partial charge < -0.3 is 5.32 Å². The number of nitrogens with one attached hydrogen (secondary N) is 1. The van der Waals surface area contributed by atoms with E-state index in [1.165, 1.54) is 24.3 Å². The maximum absolute atomic E-state index is 4.03. The Hall–Kier alpha value is -1.24. The molecule has 1 saturated carbocycles. The zero-order valence-electron chi connectivity index (χ0n) is 8.34. The highest BCUT2D eigenvalue weighted by Crippen LogP contribution is 2.41. The summed E-state index contributed by atoms with van der Waals surface area (Å²) in [6.07, 6.45) is 4.35. The Labute approximate surface area is 85.8 Å². The van der Waals surface area contributed by atoms with E-state index in [0.717, 1.165) is 17.8 Å². The molecule has 1 aliphatic carbocycles. The maximum Gasteiger partial charge on any atom is 0.0345 e. The molecule has 1 fully saturated rings. The zero-order valence-corrected chi connectivity index (χ0v) is 8.34. The lowest BCUT2D eigenvalue weighted by Gasteiger charge is -2.08. The smallest absolute Gasteiger partial charge is 0.0345 e. The molecule has 0 atom stereocenters. The minimum atomic E-state index is 0.811. The van der Waals surface area contributed by atoms with Crippen molar-refractivity contribution in [2.45, 2.75) is 12.8 Å². The average Bonchev–Trinajstić information content (AvgIpc) is 3.00. The molecular weight excluding hydrogens is 170 g/mol. The number of anilines is 1. The van der Waals surface area contributed by atoms with Crippen molar-refractivity contribution in [2.75, 3.05) is 11.9 Å². The van der Waals surface area contributed by atoms with Gasteiger partial charge in [0.05, 0.1) is 0 Å². The maximum atomic E-state index is 4.03. The third-order valence-corrected chi connectivity index (χ3v) is 2.44. The minimum Gasteiger partial charge on any atom is -0.382 e. The van der Waals surface area contributed by atoms with E-state index in [0.29, 0.717) is 0 Å². The normalized spacial score (nSPS) is 15.2. The number of rotatable bonds is 4. The highest BCUT2D eigenvalue weighted by atomic mass is 14.8. The van der Waals surface area contributed by atoms with Gasteiger partial charge in [-0.25, -0.2) is 0 Å². The lowest BCUT2D eigenvalue weighted by molar-refractivity contribution is 1.31. The highest BCUT2D eigenvalue weighted by molar-refractivity contribution is 5.56. The van der Waals surface area contributed by atoms with Crippen LogP contribution in [0.1, 0.15) is 24.0 Å². The van der Waals surface area contributed by atoms with Gasteiger partial charge in [0, 0.05) is 18.2 Å². The molecule has 0 unspecified atom stereocenters. The molecule has 14 heavy (non-hydrogen) atoms. The van der Waals surface area contributed by atoms with Gasteiger partial charge in [0.1, 0.15) is 0 Å². The van der Waals surface area contributed by atoms with Gasteiger partial charge in [-0.05, 0) is 43.0 Å². The van der Waals surface area contributed by atoms with Crippen LogP contribution in [0.3, 0.4) is 0 Å². The summed E-state index contributed by atoms with van der Waals surface area (Å²) in [5.41, 5.74) is 3.63. The molecule has 1 nitrogen and oxygen atoms in total. The van der Waals surface area contributed by atoms with Gasteiger partial charge in [0.15, 0.2) is 0 Å². The number of benzene rings is 1. The zero-order chi connectivity index (χ0) is 9.97. The van der Waals surface area contributed by atoms with Crippen LogP contribution in [0.2, 0.25) is 0 Å². The Bertz CT molecular complexity index is 337. The summed E-state index contributed by atoms with van der Waals surface area (Å²) in [5, 5.41) is 3.29. The quantitative estimate of drug-likeness (QED) is 0.710. The first-order valence-electron chi connectivity index (χ1n) is 4.97. The van der Waals surface area contributed by atoms with Crippen LogP contribution < -0.4 is 5.32 Å². The van der Waals surface area contributed by atoms with E-state index < -0.39 is 0 Å². The lowest BCUT2D eigenvalue weighted by atomic mass is 10.0. The summed E-state index contributed by atoms with van der Waals surface area (Å²) in [7, 11) is 0. The summed E-state index contributed by atoms with van der Waals surface area (Å²) in [6.45, 7) is 8.53. The van der Waals surface area contributed by atoms with Crippen molar-refractivity contribution in [3.05, 3.63) is 54.8 Å². The third-order valence-electron chi connectivity index (χ3n) is 2.44. The first-order chi connectivity index (χ1) is 6.81. The molecule has 1 aliphatic rings. The molecule has 2 rings (SSSR count). The van der Waals surface area contributed by atoms with Crippen LogP contribution in [0.25, 0.3) is 0 Å². The van der Waals surface area contributed by atoms with Gasteiger partial charge in [-0.1, -0.05) is 12.1 Å². The van der Waals surface area contributed by atoms with Crippen LogP contribution in [0.15, 0.2) is 30.9 Å². The fraction of sp³-hybridized carbons (Fsp3) is 0.231. The van der Waals surface area contributed by atoms with E-state index >= 15 is 0 Å². The summed E-state index contributed by atoms with van der Waals surface area (Å²) in [5.74, 6) is 1.54. The van der Waals surface area contributed by atoms with Gasteiger partial charge in [0.25, 0.3) is 0 Å². The van der Waals surface area contributed by atoms with Crippen molar-refractivity contribution in [2.24, 2.45) is 0 Å². The Morgan fingerprint density at radius 1 is 1.36 bits per heavy atom. The van der Waals surface area contributed by atoms with Crippen molar-refractivity contribution in [1.82, 2.24) is 0 Å². The monoisotopic (exact) mass is 185 g/mol. The Kier molecular flexibility index (Phi) is 2.58. The fourth-order valence-corrected chi connectivity index (χ4v) is 1.54. The van der Waals surface area contributed by atoms with Gasteiger partial charge in [-0.2, -0.15) is 0 Å². The highest BCUT2D eigenvalue weighted by Gasteiger charge is 2.25. The molecule has 1 aromatic carbocycles. The minimum absolute atomic E-state index is 0.811. The molecule has 0 amide bonds. The second-order valence-electron chi connectivity index (χ2n) is 3.65. The van der Waals surface area contributed by atoms with Crippen molar-refractivity contribution >= 4 is 5.69 Å². The third kappa shape index (κ3) is 1.98. The number of hydrogen-bond acceptors (Lipinski definition) is 1. The topological polar surface area (TPSA) is 12.0 Å². The average molecular weight is 185 g/mol. The van der Waals surface area contributed by atoms with Crippen molar-refractivity contribution in [3.63, 3.8) is 0 Å². The van der Waals surface area contributed by atoms with Crippen LogP contribution >= 0.6 is 0 Å². The first kappa shape index (κ1) is 9.32. The Morgan fingerprint density at radius 2 is 2.14 bits per heavy atom. The number of hydrogen-bond donors (Lipinski definition) is 1. The molecule has 1 heteroatoms. The molecular formula is C13H15N. The predicted octanol–water partition coefficient (Wildman–Crippen LogP) is 3.18. The van der Waals surface area contributed by atoms with Gasteiger partial charge in [-0.3, -0.25) is 0 Å². The van der Waals surface area contributed by atoms with E-state index in [1.54, 1.807) is 0 Å². The molecule has 0 spiro atoms. The second kappa shape index (κ2) is 3.87. The van der Waals surface area contributed by atoms with E-state index in [1.807, 2.05) is 6.08 Å². The van der Waals surface area contributed by atoms with Gasteiger partial charge in [-0.15, -0.1) is 6.58 Å². The van der Waals surface area contributed by atoms with E-state index in [9.17, 15) is 0 Å². The van der Waals surface area contributed by atoms with Crippen molar-refractivity contribution in [1.29, 1.82) is 0 Å². The van der Waals surface area contributed by atoms with E-state index in [4.69, 9.17) is 0 Å². The van der Waals surface area contributed by atoms with Crippen LogP contribution in [0, 0.1) is 12.8 Å². The summed E-state index contributed by atoms with van der Waals surface area (Å²) in [4.78, 5) is 0. The summed E-state index contributed by atoms with van der Waals surface area (Å²) >= 11 is 0. The standard InChI is InChI=1S/C13H15N/c1-3-8-14-12-7-4-10(2)13(9-12)11-5-6-11/h3-4,7,9,14H,1-2,5-6,8H2. The van der Waals surface area contributed by atoms with Gasteiger partial charge in [0.2, 0.25) is 0 Å². The van der Waals surface area contributed by atoms with Crippen LogP contribution in [-0.4, -0.2) is 6.54 Å². The molecule has 72 valence electrons. The second-order valence-corrected chi connectivity index (χ2v) is 3.65. The SMILES string of the molecule is [CH2]c1ccc(NCC=C)cc1[C]1CC1.